The van der Waals surface area contributed by atoms with Crippen molar-refractivity contribution in [3.8, 4) is 0 Å². The van der Waals surface area contributed by atoms with Crippen LogP contribution in [0, 0.1) is 11.6 Å². The van der Waals surface area contributed by atoms with E-state index in [4.69, 9.17) is 0 Å². The highest BCUT2D eigenvalue weighted by atomic mass is 32.2. The van der Waals surface area contributed by atoms with Crippen molar-refractivity contribution in [1.29, 1.82) is 0 Å². The molecule has 1 aliphatic heterocycles. The third-order valence-electron chi connectivity index (χ3n) is 3.90. The average Bonchev–Trinajstić information content (AvgIpc) is 2.97. The minimum atomic E-state index is -1.33. The van der Waals surface area contributed by atoms with Crippen LogP contribution in [0.5, 0.6) is 0 Å². The van der Waals surface area contributed by atoms with Gasteiger partial charge in [-0.25, -0.2) is 8.78 Å². The van der Waals surface area contributed by atoms with Crippen molar-refractivity contribution < 1.29 is 18.7 Å². The third kappa shape index (κ3) is 2.42. The molecule has 1 aromatic carbocycles. The first-order chi connectivity index (χ1) is 9.51. The minimum Gasteiger partial charge on any atom is -0.379 e. The molecule has 1 amide bonds. The Morgan fingerprint density at radius 1 is 1.40 bits per heavy atom. The van der Waals surface area contributed by atoms with Crippen LogP contribution in [-0.2, 0) is 4.79 Å². The van der Waals surface area contributed by atoms with Crippen LogP contribution in [0.3, 0.4) is 0 Å². The quantitative estimate of drug-likeness (QED) is 0.895. The molecule has 3 nitrogen and oxygen atoms in total. The molecule has 2 fully saturated rings. The van der Waals surface area contributed by atoms with Gasteiger partial charge in [-0.2, -0.15) is 11.8 Å². The maximum Gasteiger partial charge on any atom is 0.253 e. The summed E-state index contributed by atoms with van der Waals surface area (Å²) in [6, 6.07) is 3.47. The number of amides is 1. The first-order valence-corrected chi connectivity index (χ1v) is 7.72. The number of rotatable bonds is 3. The number of hydrogen-bond donors (Lipinski definition) is 2. The Labute approximate surface area is 119 Å². The Bertz CT molecular complexity index is 526. The lowest BCUT2D eigenvalue weighted by Crippen LogP contribution is -2.48. The molecule has 0 spiro atoms. The van der Waals surface area contributed by atoms with Gasteiger partial charge >= 0.3 is 0 Å². The Morgan fingerprint density at radius 2 is 2.10 bits per heavy atom. The Balaban J connectivity index is 1.66. The Hall–Kier alpha value is -1.14. The van der Waals surface area contributed by atoms with E-state index in [0.29, 0.717) is 18.6 Å². The van der Waals surface area contributed by atoms with Gasteiger partial charge in [-0.05, 0) is 30.7 Å². The van der Waals surface area contributed by atoms with Gasteiger partial charge in [-0.1, -0.05) is 6.07 Å². The minimum absolute atomic E-state index is 0.0330. The molecule has 20 heavy (non-hydrogen) atoms. The number of hydrogen-bond acceptors (Lipinski definition) is 3. The number of nitrogens with one attached hydrogen (secondary N) is 1. The van der Waals surface area contributed by atoms with Gasteiger partial charge in [-0.15, -0.1) is 0 Å². The lowest BCUT2D eigenvalue weighted by atomic mass is 10.0. The predicted molar refractivity (Wildman–Crippen MR) is 72.5 cm³/mol. The van der Waals surface area contributed by atoms with E-state index >= 15 is 0 Å². The summed E-state index contributed by atoms with van der Waals surface area (Å²) in [6.07, 6.45) is 0.932. The highest BCUT2D eigenvalue weighted by molar-refractivity contribution is 7.99. The smallest absolute Gasteiger partial charge is 0.253 e. The average molecular weight is 299 g/mol. The first-order valence-electron chi connectivity index (χ1n) is 6.56. The lowest BCUT2D eigenvalue weighted by molar-refractivity contribution is -0.137. The number of halogens is 2. The molecule has 0 aromatic heterocycles. The second kappa shape index (κ2) is 5.00. The summed E-state index contributed by atoms with van der Waals surface area (Å²) >= 11 is 1.53. The van der Waals surface area contributed by atoms with Crippen LogP contribution in [0.25, 0.3) is 0 Å². The molecule has 108 valence electrons. The molecule has 3 unspecified atom stereocenters. The topological polar surface area (TPSA) is 49.3 Å². The summed E-state index contributed by atoms with van der Waals surface area (Å²) in [5.41, 5.74) is -1.29. The lowest BCUT2D eigenvalue weighted by Gasteiger charge is -2.20. The number of benzene rings is 1. The molecule has 0 radical (unpaired) electrons. The summed E-state index contributed by atoms with van der Waals surface area (Å²) in [6.45, 7) is 0. The molecule has 1 saturated carbocycles. The summed E-state index contributed by atoms with van der Waals surface area (Å²) in [5, 5.41) is 12.8. The van der Waals surface area contributed by atoms with Gasteiger partial charge in [0.05, 0.1) is 0 Å². The molecule has 1 aromatic rings. The zero-order chi connectivity index (χ0) is 14.3. The largest absolute Gasteiger partial charge is 0.379 e. The van der Waals surface area contributed by atoms with E-state index in [9.17, 15) is 18.7 Å². The van der Waals surface area contributed by atoms with Crippen LogP contribution in [0.2, 0.25) is 0 Å². The fourth-order valence-corrected chi connectivity index (χ4v) is 3.81. The van der Waals surface area contributed by atoms with Gasteiger partial charge in [0.1, 0.15) is 11.6 Å². The van der Waals surface area contributed by atoms with Crippen molar-refractivity contribution in [1.82, 2.24) is 5.32 Å². The zero-order valence-electron chi connectivity index (χ0n) is 10.7. The molecule has 3 atom stereocenters. The van der Waals surface area contributed by atoms with Crippen molar-refractivity contribution >= 4 is 17.7 Å². The van der Waals surface area contributed by atoms with Crippen LogP contribution in [0.4, 0.5) is 8.78 Å². The number of carbonyl (C=O) groups excluding carboxylic acids is 1. The molecule has 1 saturated heterocycles. The van der Waals surface area contributed by atoms with E-state index in [1.807, 2.05) is 0 Å². The number of aliphatic hydroxyl groups is 1. The normalized spacial score (nSPS) is 32.1. The van der Waals surface area contributed by atoms with Gasteiger partial charge in [0.15, 0.2) is 5.60 Å². The summed E-state index contributed by atoms with van der Waals surface area (Å²) in [5.74, 6) is -0.794. The van der Waals surface area contributed by atoms with Crippen molar-refractivity contribution in [2.75, 3.05) is 11.5 Å². The number of thioether (sulfide) groups is 1. The second-order valence-corrected chi connectivity index (χ2v) is 6.50. The van der Waals surface area contributed by atoms with Crippen molar-refractivity contribution in [3.63, 3.8) is 0 Å². The monoisotopic (exact) mass is 299 g/mol. The van der Waals surface area contributed by atoms with Gasteiger partial charge in [0.25, 0.3) is 5.91 Å². The fourth-order valence-electron chi connectivity index (χ4n) is 2.57. The van der Waals surface area contributed by atoms with Crippen molar-refractivity contribution in [2.24, 2.45) is 0 Å². The van der Waals surface area contributed by atoms with E-state index in [-0.39, 0.29) is 17.5 Å². The zero-order valence-corrected chi connectivity index (χ0v) is 11.6. The molecule has 1 heterocycles. The highest BCUT2D eigenvalue weighted by Gasteiger charge is 2.47. The highest BCUT2D eigenvalue weighted by Crippen LogP contribution is 2.43. The predicted octanol–water partition coefficient (Wildman–Crippen LogP) is 1.80. The standard InChI is InChI=1S/C14H15F2NO2S/c15-9-2-1-3-10(16)12(9)8-6-11(8)17-13(18)14(19)4-5-20-7-14/h1-3,8,11,19H,4-7H2,(H,17,18). The third-order valence-corrected chi connectivity index (χ3v) is 5.08. The van der Waals surface area contributed by atoms with Crippen molar-refractivity contribution in [2.45, 2.75) is 30.4 Å². The van der Waals surface area contributed by atoms with Crippen LogP contribution >= 0.6 is 11.8 Å². The molecule has 3 rings (SSSR count). The molecular formula is C14H15F2NO2S. The van der Waals surface area contributed by atoms with E-state index in [2.05, 4.69) is 5.32 Å². The maximum absolute atomic E-state index is 13.6. The Kier molecular flexibility index (Phi) is 3.46. The van der Waals surface area contributed by atoms with E-state index in [0.717, 1.165) is 5.75 Å². The van der Waals surface area contributed by atoms with Gasteiger partial charge in [0, 0.05) is 23.3 Å². The second-order valence-electron chi connectivity index (χ2n) is 5.39. The van der Waals surface area contributed by atoms with E-state index in [1.165, 1.54) is 30.0 Å². The molecular weight excluding hydrogens is 284 g/mol. The van der Waals surface area contributed by atoms with Gasteiger partial charge in [-0.3, -0.25) is 4.79 Å². The molecule has 2 aliphatic rings. The van der Waals surface area contributed by atoms with Gasteiger partial charge in [0.2, 0.25) is 0 Å². The van der Waals surface area contributed by atoms with E-state index in [1.54, 1.807) is 0 Å². The summed E-state index contributed by atoms with van der Waals surface area (Å²) in [4.78, 5) is 12.0. The maximum atomic E-state index is 13.6. The molecule has 2 N–H and O–H groups in total. The molecule has 6 heteroatoms. The molecule has 0 bridgehead atoms. The van der Waals surface area contributed by atoms with Crippen LogP contribution in [0.15, 0.2) is 18.2 Å². The van der Waals surface area contributed by atoms with Gasteiger partial charge < -0.3 is 10.4 Å². The first kappa shape index (κ1) is 13.8. The summed E-state index contributed by atoms with van der Waals surface area (Å²) in [7, 11) is 0. The Morgan fingerprint density at radius 3 is 2.70 bits per heavy atom. The fraction of sp³-hybridized carbons (Fsp3) is 0.500. The van der Waals surface area contributed by atoms with Crippen molar-refractivity contribution in [3.05, 3.63) is 35.4 Å². The summed E-state index contributed by atoms with van der Waals surface area (Å²) < 4.78 is 27.2. The van der Waals surface area contributed by atoms with E-state index < -0.39 is 23.1 Å². The molecule has 1 aliphatic carbocycles. The van der Waals surface area contributed by atoms with Crippen LogP contribution in [0.1, 0.15) is 24.3 Å². The number of carbonyl (C=O) groups is 1. The van der Waals surface area contributed by atoms with Crippen LogP contribution in [-0.4, -0.2) is 34.2 Å². The SMILES string of the molecule is O=C(NC1CC1c1c(F)cccc1F)C1(O)CCSC1. The van der Waals surface area contributed by atoms with Crippen LogP contribution < -0.4 is 5.32 Å².